The van der Waals surface area contributed by atoms with Gasteiger partial charge in [0, 0.05) is 24.5 Å². The smallest absolute Gasteiger partial charge is 0.151 e. The number of halogens is 2. The van der Waals surface area contributed by atoms with E-state index in [0.717, 1.165) is 17.9 Å². The Morgan fingerprint density at radius 1 is 1.38 bits per heavy atom. The van der Waals surface area contributed by atoms with Crippen molar-refractivity contribution in [2.75, 3.05) is 29.7 Å². The van der Waals surface area contributed by atoms with Gasteiger partial charge in [0.15, 0.2) is 11.6 Å². The lowest BCUT2D eigenvalue weighted by Crippen LogP contribution is -2.32. The number of benzene rings is 1. The molecule has 16 heavy (non-hydrogen) atoms. The Morgan fingerprint density at radius 2 is 1.88 bits per heavy atom. The van der Waals surface area contributed by atoms with Gasteiger partial charge in [0.2, 0.25) is 0 Å². The lowest BCUT2D eigenvalue weighted by atomic mass is 10.2. The van der Waals surface area contributed by atoms with E-state index in [1.54, 1.807) is 23.7 Å². The lowest BCUT2D eigenvalue weighted by molar-refractivity contribution is 0.569. The van der Waals surface area contributed by atoms with Crippen LogP contribution < -0.4 is 10.6 Å². The summed E-state index contributed by atoms with van der Waals surface area (Å²) in [7, 11) is 1.68. The van der Waals surface area contributed by atoms with Crippen molar-refractivity contribution in [3.05, 3.63) is 23.8 Å². The van der Waals surface area contributed by atoms with Gasteiger partial charge in [-0.2, -0.15) is 11.8 Å². The highest BCUT2D eigenvalue weighted by Crippen LogP contribution is 2.26. The van der Waals surface area contributed by atoms with Gasteiger partial charge in [0.25, 0.3) is 0 Å². The molecule has 0 spiro atoms. The average molecular weight is 246 g/mol. The van der Waals surface area contributed by atoms with Crippen molar-refractivity contribution in [2.45, 2.75) is 13.0 Å². The fraction of sp³-hybridized carbons (Fsp3) is 0.455. The molecule has 0 aliphatic heterocycles. The van der Waals surface area contributed by atoms with E-state index in [1.807, 2.05) is 13.2 Å². The Bertz CT molecular complexity index is 348. The highest BCUT2D eigenvalue weighted by atomic mass is 32.2. The van der Waals surface area contributed by atoms with E-state index in [2.05, 4.69) is 0 Å². The van der Waals surface area contributed by atoms with Crippen LogP contribution in [0.4, 0.5) is 20.2 Å². The molecular weight excluding hydrogens is 230 g/mol. The summed E-state index contributed by atoms with van der Waals surface area (Å²) in [5, 5.41) is 0. The van der Waals surface area contributed by atoms with Crippen molar-refractivity contribution in [1.29, 1.82) is 0 Å². The van der Waals surface area contributed by atoms with Crippen LogP contribution in [0.1, 0.15) is 6.92 Å². The predicted octanol–water partition coefficient (Wildman–Crippen LogP) is 2.73. The molecule has 0 fully saturated rings. The Morgan fingerprint density at radius 3 is 2.31 bits per heavy atom. The summed E-state index contributed by atoms with van der Waals surface area (Å²) in [6.07, 6.45) is 1.96. The third-order valence-corrected chi connectivity index (χ3v) is 3.28. The van der Waals surface area contributed by atoms with Crippen molar-refractivity contribution in [2.24, 2.45) is 0 Å². The number of nitrogen functional groups attached to an aromatic ring is 1. The molecule has 1 rings (SSSR count). The quantitative estimate of drug-likeness (QED) is 0.828. The van der Waals surface area contributed by atoms with Gasteiger partial charge in [0.05, 0.1) is 0 Å². The maximum atomic E-state index is 13.6. The molecule has 0 aliphatic rings. The van der Waals surface area contributed by atoms with Gasteiger partial charge in [-0.25, -0.2) is 8.78 Å². The van der Waals surface area contributed by atoms with Gasteiger partial charge in [0.1, 0.15) is 5.69 Å². The Labute approximate surface area is 98.8 Å². The number of hydrogen-bond acceptors (Lipinski definition) is 3. The van der Waals surface area contributed by atoms with E-state index in [4.69, 9.17) is 5.73 Å². The first-order valence-electron chi connectivity index (χ1n) is 4.93. The minimum absolute atomic E-state index is 0.0178. The molecule has 5 heteroatoms. The minimum Gasteiger partial charge on any atom is -0.399 e. The maximum Gasteiger partial charge on any atom is 0.151 e. The van der Waals surface area contributed by atoms with Crippen LogP contribution in [-0.2, 0) is 0 Å². The molecule has 1 unspecified atom stereocenters. The second-order valence-corrected chi connectivity index (χ2v) is 4.66. The molecule has 1 aromatic rings. The molecule has 90 valence electrons. The average Bonchev–Trinajstić information content (AvgIpc) is 2.16. The number of hydrogen-bond donors (Lipinski definition) is 1. The summed E-state index contributed by atoms with van der Waals surface area (Å²) in [5.74, 6) is -0.430. The van der Waals surface area contributed by atoms with Crippen LogP contribution in [0.25, 0.3) is 0 Å². The SMILES string of the molecule is CSCC(C)N(C)c1c(F)cc(N)cc1F. The molecular formula is C11H16F2N2S. The molecule has 0 saturated heterocycles. The summed E-state index contributed by atoms with van der Waals surface area (Å²) in [4.78, 5) is 1.60. The molecule has 2 nitrogen and oxygen atoms in total. The molecule has 1 atom stereocenters. The van der Waals surface area contributed by atoms with Crippen LogP contribution in [0.3, 0.4) is 0 Å². The second kappa shape index (κ2) is 5.39. The van der Waals surface area contributed by atoms with Crippen LogP contribution in [0, 0.1) is 11.6 Å². The van der Waals surface area contributed by atoms with Gasteiger partial charge < -0.3 is 10.6 Å². The van der Waals surface area contributed by atoms with E-state index >= 15 is 0 Å². The van der Waals surface area contributed by atoms with Crippen molar-refractivity contribution < 1.29 is 8.78 Å². The Kier molecular flexibility index (Phi) is 4.41. The first-order valence-corrected chi connectivity index (χ1v) is 6.33. The van der Waals surface area contributed by atoms with Crippen molar-refractivity contribution in [3.8, 4) is 0 Å². The third kappa shape index (κ3) is 2.78. The number of rotatable bonds is 4. The fourth-order valence-corrected chi connectivity index (χ4v) is 2.20. The molecule has 0 aromatic heterocycles. The third-order valence-electron chi connectivity index (χ3n) is 2.46. The normalized spacial score (nSPS) is 12.6. The Hall–Kier alpha value is -0.970. The van der Waals surface area contributed by atoms with Crippen LogP contribution in [0.5, 0.6) is 0 Å². The van der Waals surface area contributed by atoms with Crippen LogP contribution >= 0.6 is 11.8 Å². The molecule has 0 radical (unpaired) electrons. The van der Waals surface area contributed by atoms with Crippen LogP contribution in [0.15, 0.2) is 12.1 Å². The molecule has 2 N–H and O–H groups in total. The number of nitrogens with zero attached hydrogens (tertiary/aromatic N) is 1. The van der Waals surface area contributed by atoms with E-state index in [0.29, 0.717) is 0 Å². The van der Waals surface area contributed by atoms with Gasteiger partial charge in [-0.3, -0.25) is 0 Å². The van der Waals surface area contributed by atoms with Gasteiger partial charge in [-0.1, -0.05) is 0 Å². The zero-order valence-electron chi connectivity index (χ0n) is 9.63. The number of thioether (sulfide) groups is 1. The highest BCUT2D eigenvalue weighted by molar-refractivity contribution is 7.98. The van der Waals surface area contributed by atoms with E-state index in [9.17, 15) is 8.78 Å². The summed E-state index contributed by atoms with van der Waals surface area (Å²) in [6.45, 7) is 1.92. The number of nitrogens with two attached hydrogens (primary N) is 1. The predicted molar refractivity (Wildman–Crippen MR) is 67.0 cm³/mol. The standard InChI is InChI=1S/C11H16F2N2S/c1-7(6-16-3)15(2)11-9(12)4-8(14)5-10(11)13/h4-5,7H,6,14H2,1-3H3. The van der Waals surface area contributed by atoms with Crippen molar-refractivity contribution >= 4 is 23.1 Å². The lowest BCUT2D eigenvalue weighted by Gasteiger charge is -2.27. The van der Waals surface area contributed by atoms with E-state index in [-0.39, 0.29) is 17.4 Å². The summed E-state index contributed by atoms with van der Waals surface area (Å²) in [6, 6.07) is 2.34. The zero-order valence-corrected chi connectivity index (χ0v) is 10.4. The first kappa shape index (κ1) is 13.1. The van der Waals surface area contributed by atoms with E-state index in [1.165, 1.54) is 0 Å². The van der Waals surface area contributed by atoms with Crippen LogP contribution in [0.2, 0.25) is 0 Å². The molecule has 0 heterocycles. The molecule has 0 bridgehead atoms. The Balaban J connectivity index is 3.03. The van der Waals surface area contributed by atoms with Crippen molar-refractivity contribution in [3.63, 3.8) is 0 Å². The zero-order chi connectivity index (χ0) is 12.3. The second-order valence-electron chi connectivity index (χ2n) is 3.75. The van der Waals surface area contributed by atoms with Crippen LogP contribution in [-0.4, -0.2) is 25.1 Å². The summed E-state index contributed by atoms with van der Waals surface area (Å²) in [5.41, 5.74) is 5.44. The van der Waals surface area contributed by atoms with Gasteiger partial charge >= 0.3 is 0 Å². The van der Waals surface area contributed by atoms with Gasteiger partial charge in [-0.05, 0) is 25.3 Å². The topological polar surface area (TPSA) is 29.3 Å². The molecule has 0 aliphatic carbocycles. The summed E-state index contributed by atoms with van der Waals surface area (Å²) >= 11 is 1.64. The molecule has 1 aromatic carbocycles. The van der Waals surface area contributed by atoms with E-state index < -0.39 is 11.6 Å². The fourth-order valence-electron chi connectivity index (χ4n) is 1.50. The van der Waals surface area contributed by atoms with Crippen molar-refractivity contribution in [1.82, 2.24) is 0 Å². The largest absolute Gasteiger partial charge is 0.399 e. The highest BCUT2D eigenvalue weighted by Gasteiger charge is 2.18. The monoisotopic (exact) mass is 246 g/mol. The first-order chi connectivity index (χ1) is 7.47. The molecule has 0 saturated carbocycles. The minimum atomic E-state index is -0.618. The maximum absolute atomic E-state index is 13.6. The molecule has 0 amide bonds. The van der Waals surface area contributed by atoms with Gasteiger partial charge in [-0.15, -0.1) is 0 Å². The summed E-state index contributed by atoms with van der Waals surface area (Å²) < 4.78 is 27.2. The number of anilines is 2.